The van der Waals surface area contributed by atoms with Crippen molar-refractivity contribution >= 4 is 23.0 Å². The summed E-state index contributed by atoms with van der Waals surface area (Å²) in [5, 5.41) is 0. The molecule has 3 aromatic rings. The third-order valence-electron chi connectivity index (χ3n) is 6.45. The molecule has 1 spiro atoms. The Morgan fingerprint density at radius 2 is 1.27 bits per heavy atom. The van der Waals surface area contributed by atoms with Crippen molar-refractivity contribution < 1.29 is 4.79 Å². The van der Waals surface area contributed by atoms with Gasteiger partial charge in [0.2, 0.25) is 5.66 Å². The number of anilines is 3. The zero-order valence-electron chi connectivity index (χ0n) is 17.8. The SMILES string of the molecule is CCN1C(=O)C2(c3ccccc31)N(c1ccc(C)cc1)CCN2c1ccc(C)cc1. The van der Waals surface area contributed by atoms with Gasteiger partial charge in [0, 0.05) is 36.6 Å². The number of likely N-dealkylation sites (N-methyl/N-ethyl adjacent to an activating group) is 1. The van der Waals surface area contributed by atoms with Crippen LogP contribution in [0.15, 0.2) is 72.8 Å². The predicted molar refractivity (Wildman–Crippen MR) is 123 cm³/mol. The number of rotatable bonds is 3. The highest BCUT2D eigenvalue weighted by atomic mass is 16.2. The van der Waals surface area contributed by atoms with Crippen molar-refractivity contribution in [3.63, 3.8) is 0 Å². The van der Waals surface area contributed by atoms with Crippen LogP contribution >= 0.6 is 0 Å². The van der Waals surface area contributed by atoms with E-state index in [1.807, 2.05) is 17.0 Å². The molecule has 152 valence electrons. The Bertz CT molecular complexity index is 1030. The minimum Gasteiger partial charge on any atom is -0.335 e. The highest BCUT2D eigenvalue weighted by molar-refractivity contribution is 6.12. The van der Waals surface area contributed by atoms with Crippen LogP contribution in [0, 0.1) is 13.8 Å². The van der Waals surface area contributed by atoms with Crippen LogP contribution in [0.3, 0.4) is 0 Å². The number of hydrogen-bond donors (Lipinski definition) is 0. The number of aryl methyl sites for hydroxylation is 2. The number of hydrogen-bond acceptors (Lipinski definition) is 3. The number of nitrogens with zero attached hydrogens (tertiary/aromatic N) is 3. The molecule has 5 rings (SSSR count). The number of fused-ring (bicyclic) bond motifs is 2. The minimum atomic E-state index is -0.864. The molecule has 1 fully saturated rings. The summed E-state index contributed by atoms with van der Waals surface area (Å²) < 4.78 is 0. The van der Waals surface area contributed by atoms with Gasteiger partial charge in [-0.3, -0.25) is 4.79 Å². The molecule has 0 aromatic heterocycles. The van der Waals surface area contributed by atoms with Gasteiger partial charge in [0.15, 0.2) is 0 Å². The fourth-order valence-corrected chi connectivity index (χ4v) is 5.00. The van der Waals surface area contributed by atoms with Gasteiger partial charge in [0.25, 0.3) is 5.91 Å². The first-order chi connectivity index (χ1) is 14.6. The molecule has 0 aliphatic carbocycles. The minimum absolute atomic E-state index is 0.129. The molecule has 0 saturated carbocycles. The molecule has 0 radical (unpaired) electrons. The fourth-order valence-electron chi connectivity index (χ4n) is 5.00. The van der Waals surface area contributed by atoms with E-state index < -0.39 is 5.66 Å². The Hall–Kier alpha value is -3.27. The molecule has 4 heteroatoms. The van der Waals surface area contributed by atoms with E-state index in [0.29, 0.717) is 6.54 Å². The van der Waals surface area contributed by atoms with Crippen LogP contribution in [-0.4, -0.2) is 25.5 Å². The summed E-state index contributed by atoms with van der Waals surface area (Å²) in [6.45, 7) is 8.47. The summed E-state index contributed by atoms with van der Waals surface area (Å²) >= 11 is 0. The van der Waals surface area contributed by atoms with E-state index in [-0.39, 0.29) is 5.91 Å². The van der Waals surface area contributed by atoms with Crippen molar-refractivity contribution in [3.05, 3.63) is 89.5 Å². The monoisotopic (exact) mass is 397 g/mol. The van der Waals surface area contributed by atoms with Gasteiger partial charge in [-0.1, -0.05) is 53.6 Å². The Balaban J connectivity index is 1.76. The molecule has 1 saturated heterocycles. The second-order valence-corrected chi connectivity index (χ2v) is 8.21. The first-order valence-corrected chi connectivity index (χ1v) is 10.7. The maximum atomic E-state index is 14.2. The molecule has 2 heterocycles. The zero-order chi connectivity index (χ0) is 20.9. The second-order valence-electron chi connectivity index (χ2n) is 8.21. The fraction of sp³-hybridized carbons (Fsp3) is 0.269. The van der Waals surface area contributed by atoms with E-state index in [9.17, 15) is 4.79 Å². The molecule has 0 unspecified atom stereocenters. The summed E-state index contributed by atoms with van der Waals surface area (Å²) in [6.07, 6.45) is 0. The molecule has 3 aromatic carbocycles. The summed E-state index contributed by atoms with van der Waals surface area (Å²) in [4.78, 5) is 20.7. The van der Waals surface area contributed by atoms with E-state index in [1.165, 1.54) is 11.1 Å². The first kappa shape index (κ1) is 18.7. The van der Waals surface area contributed by atoms with Crippen LogP contribution in [0.5, 0.6) is 0 Å². The highest BCUT2D eigenvalue weighted by Crippen LogP contribution is 2.51. The van der Waals surface area contributed by atoms with Crippen LogP contribution in [0.1, 0.15) is 23.6 Å². The standard InChI is InChI=1S/C26H27N3O/c1-4-27-24-8-6-5-7-23(24)26(25(27)30)28(21-13-9-19(2)10-14-21)17-18-29(26)22-15-11-20(3)12-16-22/h5-16H,4,17-18H2,1-3H3. The number of carbonyl (C=O) groups is 1. The van der Waals surface area contributed by atoms with Gasteiger partial charge < -0.3 is 14.7 Å². The second kappa shape index (κ2) is 6.91. The number of para-hydroxylation sites is 1. The molecular formula is C26H27N3O. The largest absolute Gasteiger partial charge is 0.335 e. The molecule has 4 nitrogen and oxygen atoms in total. The molecule has 0 N–H and O–H groups in total. The summed E-state index contributed by atoms with van der Waals surface area (Å²) in [5.74, 6) is 0.129. The third kappa shape index (κ3) is 2.49. The molecule has 2 aliphatic rings. The van der Waals surface area contributed by atoms with E-state index in [4.69, 9.17) is 0 Å². The molecule has 2 aliphatic heterocycles. The Labute approximate surface area is 178 Å². The van der Waals surface area contributed by atoms with Gasteiger partial charge in [-0.15, -0.1) is 0 Å². The maximum absolute atomic E-state index is 14.2. The van der Waals surface area contributed by atoms with Crippen molar-refractivity contribution in [2.45, 2.75) is 26.4 Å². The average molecular weight is 398 g/mol. The lowest BCUT2D eigenvalue weighted by atomic mass is 9.96. The van der Waals surface area contributed by atoms with E-state index in [0.717, 1.165) is 35.7 Å². The van der Waals surface area contributed by atoms with Crippen LogP contribution in [0.25, 0.3) is 0 Å². The Morgan fingerprint density at radius 1 is 0.767 bits per heavy atom. The molecule has 0 bridgehead atoms. The molecule has 0 atom stereocenters. The van der Waals surface area contributed by atoms with E-state index in [1.54, 1.807) is 0 Å². The van der Waals surface area contributed by atoms with Gasteiger partial charge >= 0.3 is 0 Å². The Morgan fingerprint density at radius 3 is 1.77 bits per heavy atom. The van der Waals surface area contributed by atoms with Crippen molar-refractivity contribution in [2.24, 2.45) is 0 Å². The normalized spacial score (nSPS) is 17.2. The van der Waals surface area contributed by atoms with Crippen molar-refractivity contribution in [3.8, 4) is 0 Å². The lowest BCUT2D eigenvalue weighted by Gasteiger charge is -2.42. The number of carbonyl (C=O) groups excluding carboxylic acids is 1. The summed E-state index contributed by atoms with van der Waals surface area (Å²) in [7, 11) is 0. The van der Waals surface area contributed by atoms with Crippen LogP contribution in [-0.2, 0) is 10.5 Å². The van der Waals surface area contributed by atoms with Gasteiger partial charge in [-0.05, 0) is 51.1 Å². The summed E-state index contributed by atoms with van der Waals surface area (Å²) in [6, 6.07) is 25.3. The maximum Gasteiger partial charge on any atom is 0.278 e. The van der Waals surface area contributed by atoms with Crippen molar-refractivity contribution in [1.29, 1.82) is 0 Å². The predicted octanol–water partition coefficient (Wildman–Crippen LogP) is 4.85. The quantitative estimate of drug-likeness (QED) is 0.632. The van der Waals surface area contributed by atoms with Gasteiger partial charge in [-0.25, -0.2) is 0 Å². The first-order valence-electron chi connectivity index (χ1n) is 10.7. The van der Waals surface area contributed by atoms with Gasteiger partial charge in [-0.2, -0.15) is 0 Å². The Kier molecular flexibility index (Phi) is 4.31. The molecule has 1 amide bonds. The smallest absolute Gasteiger partial charge is 0.278 e. The van der Waals surface area contributed by atoms with Crippen LogP contribution in [0.4, 0.5) is 17.1 Å². The lowest BCUT2D eigenvalue weighted by Crippen LogP contribution is -2.58. The molecule has 30 heavy (non-hydrogen) atoms. The highest BCUT2D eigenvalue weighted by Gasteiger charge is 2.61. The number of benzene rings is 3. The van der Waals surface area contributed by atoms with Crippen molar-refractivity contribution in [2.75, 3.05) is 34.3 Å². The average Bonchev–Trinajstić information content (AvgIpc) is 3.27. The number of amides is 1. The zero-order valence-corrected chi connectivity index (χ0v) is 17.8. The van der Waals surface area contributed by atoms with Crippen LogP contribution in [0.2, 0.25) is 0 Å². The van der Waals surface area contributed by atoms with E-state index >= 15 is 0 Å². The van der Waals surface area contributed by atoms with Crippen LogP contribution < -0.4 is 14.7 Å². The van der Waals surface area contributed by atoms with E-state index in [2.05, 4.69) is 91.2 Å². The molecular weight excluding hydrogens is 370 g/mol. The van der Waals surface area contributed by atoms with Crippen molar-refractivity contribution in [1.82, 2.24) is 0 Å². The van der Waals surface area contributed by atoms with Gasteiger partial charge in [0.1, 0.15) is 0 Å². The summed E-state index contributed by atoms with van der Waals surface area (Å²) in [5.41, 5.74) is 5.81. The third-order valence-corrected chi connectivity index (χ3v) is 6.45. The topological polar surface area (TPSA) is 26.8 Å². The lowest BCUT2D eigenvalue weighted by molar-refractivity contribution is -0.122. The van der Waals surface area contributed by atoms with Gasteiger partial charge in [0.05, 0.1) is 5.69 Å².